The largest absolute Gasteiger partial charge is 0.355 e. The van der Waals surface area contributed by atoms with Crippen molar-refractivity contribution in [2.75, 3.05) is 137 Å². The number of rotatable bonds is 16. The van der Waals surface area contributed by atoms with E-state index in [4.69, 9.17) is 29.6 Å². The highest BCUT2D eigenvalue weighted by molar-refractivity contribution is 5.95. The Morgan fingerprint density at radius 3 is 1.64 bits per heavy atom. The van der Waals surface area contributed by atoms with Crippen molar-refractivity contribution in [1.29, 1.82) is 5.26 Å². The molecule has 0 radical (unpaired) electrons. The molecule has 0 spiro atoms. The van der Waals surface area contributed by atoms with Crippen molar-refractivity contribution >= 4 is 58.4 Å². The molecule has 0 aliphatic carbocycles. The lowest BCUT2D eigenvalue weighted by Gasteiger charge is -2.29. The fourth-order valence-electron chi connectivity index (χ4n) is 8.40. The van der Waals surface area contributed by atoms with E-state index in [9.17, 15) is 14.9 Å². The molecule has 4 heterocycles. The molecule has 0 atom stereocenters. The topological polar surface area (TPSA) is 196 Å². The summed E-state index contributed by atoms with van der Waals surface area (Å²) in [5, 5.41) is 17.1. The van der Waals surface area contributed by atoms with E-state index >= 15 is 0 Å². The van der Waals surface area contributed by atoms with Gasteiger partial charge in [0, 0.05) is 95.0 Å². The summed E-state index contributed by atoms with van der Waals surface area (Å²) in [5.74, 6) is 3.28. The number of nitrogens with zero attached hydrogens (tertiary/aromatic N) is 11. The van der Waals surface area contributed by atoms with E-state index < -0.39 is 0 Å². The Balaban J connectivity index is 0.000000268. The zero-order valence-corrected chi connectivity index (χ0v) is 45.5. The molecule has 2 aromatic carbocycles. The maximum Gasteiger partial charge on any atom is 0.274 e. The minimum absolute atomic E-state index is 0.0317. The van der Waals surface area contributed by atoms with Gasteiger partial charge in [-0.15, -0.1) is 0 Å². The van der Waals surface area contributed by atoms with Crippen LogP contribution in [0, 0.1) is 36.0 Å². The number of hydrogen-bond acceptors (Lipinski definition) is 17. The number of carbonyl (C=O) groups excluding carboxylic acids is 2. The highest BCUT2D eigenvalue weighted by Crippen LogP contribution is 2.33. The van der Waals surface area contributed by atoms with Crippen molar-refractivity contribution in [1.82, 2.24) is 40.7 Å². The third kappa shape index (κ3) is 16.9. The van der Waals surface area contributed by atoms with Gasteiger partial charge in [-0.2, -0.15) is 25.2 Å². The first kappa shape index (κ1) is 56.6. The molecule has 2 amide bonds. The van der Waals surface area contributed by atoms with Gasteiger partial charge < -0.3 is 40.0 Å². The lowest BCUT2D eigenvalue weighted by molar-refractivity contribution is 0.0362. The van der Waals surface area contributed by atoms with Gasteiger partial charge in [0.2, 0.25) is 11.9 Å². The molecule has 0 unspecified atom stereocenters. The second-order valence-corrected chi connectivity index (χ2v) is 21.3. The summed E-state index contributed by atoms with van der Waals surface area (Å²) in [4.78, 5) is 67.8. The van der Waals surface area contributed by atoms with Crippen LogP contribution in [0.3, 0.4) is 0 Å². The van der Waals surface area contributed by atoms with E-state index in [2.05, 4.69) is 108 Å². The van der Waals surface area contributed by atoms with Crippen molar-refractivity contribution < 1.29 is 19.3 Å². The predicted octanol–water partition coefficient (Wildman–Crippen LogP) is 7.54. The molecule has 2 aliphatic heterocycles. The third-order valence-corrected chi connectivity index (χ3v) is 12.0. The maximum absolute atomic E-state index is 12.5. The first-order chi connectivity index (χ1) is 34.1. The highest BCUT2D eigenvalue weighted by atomic mass is 16.7. The van der Waals surface area contributed by atoms with Crippen LogP contribution in [0.1, 0.15) is 106 Å². The van der Waals surface area contributed by atoms with E-state index in [0.717, 1.165) is 101 Å². The number of carbonyl (C=O) groups is 2. The summed E-state index contributed by atoms with van der Waals surface area (Å²) in [6.07, 6.45) is 2.07. The smallest absolute Gasteiger partial charge is 0.274 e. The molecule has 6 rings (SSSR count). The Hall–Kier alpha value is -6.33. The monoisotopic (exact) mass is 992 g/mol. The molecule has 2 aliphatic rings. The second kappa shape index (κ2) is 25.9. The van der Waals surface area contributed by atoms with Crippen LogP contribution in [0.15, 0.2) is 42.5 Å². The van der Waals surface area contributed by atoms with Crippen LogP contribution in [0.25, 0.3) is 0 Å². The van der Waals surface area contributed by atoms with Crippen LogP contribution in [-0.2, 0) is 9.68 Å². The molecule has 2 saturated heterocycles. The summed E-state index contributed by atoms with van der Waals surface area (Å²) in [6.45, 7) is 30.5. The van der Waals surface area contributed by atoms with Gasteiger partial charge >= 0.3 is 0 Å². The van der Waals surface area contributed by atoms with Crippen molar-refractivity contribution in [3.63, 3.8) is 0 Å². The minimum atomic E-state index is -0.340. The maximum atomic E-state index is 12.5. The van der Waals surface area contributed by atoms with E-state index in [0.29, 0.717) is 64.9 Å². The van der Waals surface area contributed by atoms with Crippen LogP contribution in [0.4, 0.5) is 46.5 Å². The van der Waals surface area contributed by atoms with Crippen molar-refractivity contribution in [2.45, 2.75) is 82.1 Å². The SMILES string of the molecule is CCONC(=O)c1ccc(C)c(Nc2cc(N3CCCN(C)CC3)nc(N(C)CC(C)(C)C)n2)c1.CCONC(=O)c1ccc(C)c(Nc2nc(N(C)CC(C)(C)C)nc(N3CCCN(C)CC3)c2C#N)c1. The van der Waals surface area contributed by atoms with Crippen molar-refractivity contribution in [3.05, 3.63) is 70.3 Å². The number of anilines is 8. The van der Waals surface area contributed by atoms with Crippen LogP contribution in [0.5, 0.6) is 0 Å². The third-order valence-electron chi connectivity index (χ3n) is 12.0. The first-order valence-corrected chi connectivity index (χ1v) is 25.2. The number of amides is 2. The summed E-state index contributed by atoms with van der Waals surface area (Å²) in [5.41, 5.74) is 9.80. The van der Waals surface area contributed by atoms with Gasteiger partial charge in [0.1, 0.15) is 23.3 Å². The normalized spacial score (nSPS) is 14.8. The number of benzene rings is 2. The van der Waals surface area contributed by atoms with E-state index in [1.54, 1.807) is 25.1 Å². The van der Waals surface area contributed by atoms with Gasteiger partial charge in [-0.1, -0.05) is 53.7 Å². The van der Waals surface area contributed by atoms with Gasteiger partial charge in [0.15, 0.2) is 11.6 Å². The molecule has 4 N–H and O–H groups in total. The van der Waals surface area contributed by atoms with E-state index in [1.165, 1.54) is 0 Å². The lowest BCUT2D eigenvalue weighted by atomic mass is 9.96. The van der Waals surface area contributed by atoms with Gasteiger partial charge in [-0.3, -0.25) is 19.3 Å². The van der Waals surface area contributed by atoms with Gasteiger partial charge in [-0.05, 0) is 114 Å². The summed E-state index contributed by atoms with van der Waals surface area (Å²) in [7, 11) is 8.28. The van der Waals surface area contributed by atoms with E-state index in [1.807, 2.05) is 64.0 Å². The number of hydrogen-bond donors (Lipinski definition) is 4. The van der Waals surface area contributed by atoms with E-state index in [-0.39, 0.29) is 22.6 Å². The number of nitrogens with one attached hydrogen (secondary N) is 4. The minimum Gasteiger partial charge on any atom is -0.355 e. The summed E-state index contributed by atoms with van der Waals surface area (Å²) >= 11 is 0. The van der Waals surface area contributed by atoms with Gasteiger partial charge in [0.05, 0.1) is 13.2 Å². The van der Waals surface area contributed by atoms with Gasteiger partial charge in [0.25, 0.3) is 11.8 Å². The molecule has 72 heavy (non-hydrogen) atoms. The number of nitriles is 1. The summed E-state index contributed by atoms with van der Waals surface area (Å²) in [6, 6.07) is 15.2. The lowest BCUT2D eigenvalue weighted by Crippen LogP contribution is -2.33. The Morgan fingerprint density at radius 1 is 0.653 bits per heavy atom. The molecule has 0 saturated carbocycles. The predicted molar refractivity (Wildman–Crippen MR) is 290 cm³/mol. The molecule has 2 aromatic heterocycles. The standard InChI is InChI=1S/C27H40N8O2.C26H41N7O2/c1-8-37-32-25(36)20-11-10-19(2)22(16-20)29-23-21(17-28)24(35-13-9-12-33(6)14-15-35)31-26(30-23)34(7)18-27(3,4)5;1-8-35-30-24(34)20-11-10-19(2)21(16-20)27-22-17-23(33-13-9-12-31(6)14-15-33)29-25(28-22)32(7)18-26(3,4)5/h10-11,16H,8-9,12-15,18H2,1-7H3,(H,32,36)(H,29,30,31);10-11,16-17H,8-9,12-15,18H2,1-7H3,(H,30,34)(H,27,28,29). The molecule has 4 aromatic rings. The zero-order chi connectivity index (χ0) is 52.8. The zero-order valence-electron chi connectivity index (χ0n) is 45.5. The Kier molecular flexibility index (Phi) is 20.3. The number of aryl methyl sites for hydroxylation is 2. The van der Waals surface area contributed by atoms with Crippen molar-refractivity contribution in [2.24, 2.45) is 10.8 Å². The number of aromatic nitrogens is 4. The summed E-state index contributed by atoms with van der Waals surface area (Å²) < 4.78 is 0. The molecular weight excluding hydrogens is 911 g/mol. The molecule has 392 valence electrons. The molecule has 19 heteroatoms. The number of hydroxylamine groups is 2. The molecule has 0 bridgehead atoms. The Bertz CT molecular complexity index is 2480. The molecular formula is C53H81N15O4. The number of likely N-dealkylation sites (N-methyl/N-ethyl adjacent to an activating group) is 2. The average Bonchev–Trinajstić information content (AvgIpc) is 3.69. The average molecular weight is 992 g/mol. The fourth-order valence-corrected chi connectivity index (χ4v) is 8.40. The van der Waals surface area contributed by atoms with Crippen LogP contribution in [0.2, 0.25) is 0 Å². The Morgan fingerprint density at radius 2 is 1.14 bits per heavy atom. The second-order valence-electron chi connectivity index (χ2n) is 21.3. The van der Waals surface area contributed by atoms with Gasteiger partial charge in [-0.25, -0.2) is 11.0 Å². The van der Waals surface area contributed by atoms with Crippen LogP contribution >= 0.6 is 0 Å². The van der Waals surface area contributed by atoms with Crippen LogP contribution < -0.4 is 41.2 Å². The fraction of sp³-hybridized carbons (Fsp3) is 0.566. The van der Waals surface area contributed by atoms with Crippen LogP contribution in [-0.4, -0.2) is 148 Å². The first-order valence-electron chi connectivity index (χ1n) is 25.2. The quantitative estimate of drug-likeness (QED) is 0.0803. The molecule has 2 fully saturated rings. The molecule has 19 nitrogen and oxygen atoms in total. The van der Waals surface area contributed by atoms with Crippen molar-refractivity contribution in [3.8, 4) is 6.07 Å². The highest BCUT2D eigenvalue weighted by Gasteiger charge is 2.26. The Labute approximate surface area is 428 Å².